The highest BCUT2D eigenvalue weighted by molar-refractivity contribution is 5.77. The summed E-state index contributed by atoms with van der Waals surface area (Å²) in [5.74, 6) is -0.0312. The van der Waals surface area contributed by atoms with E-state index in [4.69, 9.17) is 4.74 Å². The van der Waals surface area contributed by atoms with Crippen LogP contribution in [0.5, 0.6) is 0 Å². The normalized spacial score (nSPS) is 22.6. The van der Waals surface area contributed by atoms with Gasteiger partial charge in [-0.05, 0) is 12.0 Å². The summed E-state index contributed by atoms with van der Waals surface area (Å²) < 4.78 is 5.15. The van der Waals surface area contributed by atoms with Gasteiger partial charge in [0.05, 0.1) is 6.04 Å². The highest BCUT2D eigenvalue weighted by Crippen LogP contribution is 2.17. The van der Waals surface area contributed by atoms with Crippen molar-refractivity contribution in [2.45, 2.75) is 12.5 Å². The van der Waals surface area contributed by atoms with Crippen molar-refractivity contribution in [1.29, 1.82) is 0 Å². The fourth-order valence-electron chi connectivity index (χ4n) is 1.61. The van der Waals surface area contributed by atoms with Crippen LogP contribution >= 0.6 is 0 Å². The molecule has 14 heavy (non-hydrogen) atoms. The smallest absolute Gasteiger partial charge is 0.246 e. The average Bonchev–Trinajstić information content (AvgIpc) is 2.44. The first kappa shape index (κ1) is 9.21. The maximum atomic E-state index is 11.2. The lowest BCUT2D eigenvalue weighted by Crippen LogP contribution is -2.28. The van der Waals surface area contributed by atoms with E-state index in [1.807, 2.05) is 30.3 Å². The number of amides is 1. The Labute approximate surface area is 83.1 Å². The molecule has 0 spiro atoms. The second kappa shape index (κ2) is 4.24. The maximum absolute atomic E-state index is 11.2. The number of benzene rings is 1. The Morgan fingerprint density at radius 3 is 2.86 bits per heavy atom. The van der Waals surface area contributed by atoms with Gasteiger partial charge < -0.3 is 10.1 Å². The lowest BCUT2D eigenvalue weighted by molar-refractivity contribution is -0.124. The summed E-state index contributed by atoms with van der Waals surface area (Å²) in [5.41, 5.74) is 1.14. The SMILES string of the molecule is O=C1COCC[C@@H](c2ccccc2)N1. The summed E-state index contributed by atoms with van der Waals surface area (Å²) in [6.45, 7) is 0.821. The van der Waals surface area contributed by atoms with E-state index in [1.165, 1.54) is 0 Å². The number of hydrogen-bond donors (Lipinski definition) is 1. The molecule has 0 bridgehead atoms. The zero-order chi connectivity index (χ0) is 9.80. The van der Waals surface area contributed by atoms with E-state index in [-0.39, 0.29) is 18.6 Å². The Kier molecular flexibility index (Phi) is 2.79. The molecule has 0 unspecified atom stereocenters. The van der Waals surface area contributed by atoms with Gasteiger partial charge in [0.25, 0.3) is 0 Å². The Morgan fingerprint density at radius 2 is 2.07 bits per heavy atom. The van der Waals surface area contributed by atoms with Crippen LogP contribution in [0, 0.1) is 0 Å². The van der Waals surface area contributed by atoms with Gasteiger partial charge in [-0.3, -0.25) is 4.79 Å². The molecule has 74 valence electrons. The topological polar surface area (TPSA) is 38.3 Å². The first-order chi connectivity index (χ1) is 6.86. The molecule has 1 aromatic carbocycles. The van der Waals surface area contributed by atoms with Gasteiger partial charge in [0.1, 0.15) is 6.61 Å². The number of hydrogen-bond acceptors (Lipinski definition) is 2. The zero-order valence-corrected chi connectivity index (χ0v) is 7.90. The molecule has 1 N–H and O–H groups in total. The fourth-order valence-corrected chi connectivity index (χ4v) is 1.61. The third-order valence-electron chi connectivity index (χ3n) is 2.32. The molecule has 0 saturated carbocycles. The standard InChI is InChI=1S/C11H13NO2/c13-11-8-14-7-6-10(12-11)9-4-2-1-3-5-9/h1-5,10H,6-8H2,(H,12,13)/t10-/m0/s1. The van der Waals surface area contributed by atoms with Crippen LogP contribution in [0.4, 0.5) is 0 Å². The third-order valence-corrected chi connectivity index (χ3v) is 2.32. The molecule has 1 aliphatic rings. The van der Waals surface area contributed by atoms with Crippen molar-refractivity contribution < 1.29 is 9.53 Å². The second-order valence-corrected chi connectivity index (χ2v) is 3.37. The molecule has 1 amide bonds. The second-order valence-electron chi connectivity index (χ2n) is 3.37. The summed E-state index contributed by atoms with van der Waals surface area (Å²) in [7, 11) is 0. The summed E-state index contributed by atoms with van der Waals surface area (Å²) >= 11 is 0. The average molecular weight is 191 g/mol. The van der Waals surface area contributed by atoms with Gasteiger partial charge in [0.2, 0.25) is 5.91 Å². The minimum absolute atomic E-state index is 0.0312. The minimum atomic E-state index is -0.0312. The van der Waals surface area contributed by atoms with E-state index < -0.39 is 0 Å². The van der Waals surface area contributed by atoms with Crippen LogP contribution in [0.25, 0.3) is 0 Å². The predicted molar refractivity (Wildman–Crippen MR) is 52.8 cm³/mol. The van der Waals surface area contributed by atoms with Crippen molar-refractivity contribution in [2.24, 2.45) is 0 Å². The third kappa shape index (κ3) is 2.12. The van der Waals surface area contributed by atoms with E-state index in [2.05, 4.69) is 5.32 Å². The number of ether oxygens (including phenoxy) is 1. The van der Waals surface area contributed by atoms with Crippen molar-refractivity contribution in [3.8, 4) is 0 Å². The van der Waals surface area contributed by atoms with Crippen molar-refractivity contribution >= 4 is 5.91 Å². The Hall–Kier alpha value is -1.35. The molecule has 0 aromatic heterocycles. The number of nitrogens with one attached hydrogen (secondary N) is 1. The quantitative estimate of drug-likeness (QED) is 0.725. The molecule has 0 radical (unpaired) electrons. The van der Waals surface area contributed by atoms with Gasteiger partial charge in [-0.2, -0.15) is 0 Å². The maximum Gasteiger partial charge on any atom is 0.246 e. The first-order valence-corrected chi connectivity index (χ1v) is 4.78. The largest absolute Gasteiger partial charge is 0.372 e. The van der Waals surface area contributed by atoms with Crippen LogP contribution in [0.15, 0.2) is 30.3 Å². The lowest BCUT2D eigenvalue weighted by atomic mass is 10.0. The number of rotatable bonds is 1. The summed E-state index contributed by atoms with van der Waals surface area (Å²) in [6.07, 6.45) is 0.843. The van der Waals surface area contributed by atoms with Crippen LogP contribution < -0.4 is 5.32 Å². The molecule has 3 heteroatoms. The predicted octanol–water partition coefficient (Wildman–Crippen LogP) is 1.26. The van der Waals surface area contributed by atoms with Crippen LogP contribution in [-0.2, 0) is 9.53 Å². The van der Waals surface area contributed by atoms with E-state index >= 15 is 0 Å². The van der Waals surface area contributed by atoms with Crippen molar-refractivity contribution in [3.05, 3.63) is 35.9 Å². The summed E-state index contributed by atoms with van der Waals surface area (Å²) in [4.78, 5) is 11.2. The van der Waals surface area contributed by atoms with Crippen LogP contribution in [0.1, 0.15) is 18.0 Å². The fraction of sp³-hybridized carbons (Fsp3) is 0.364. The molecular formula is C11H13NO2. The number of carbonyl (C=O) groups excluding carboxylic acids is 1. The molecule has 3 nitrogen and oxygen atoms in total. The molecule has 1 aliphatic heterocycles. The Morgan fingerprint density at radius 1 is 1.29 bits per heavy atom. The van der Waals surface area contributed by atoms with Gasteiger partial charge in [0, 0.05) is 6.61 Å². The van der Waals surface area contributed by atoms with Crippen molar-refractivity contribution in [1.82, 2.24) is 5.32 Å². The van der Waals surface area contributed by atoms with Crippen molar-refractivity contribution in [2.75, 3.05) is 13.2 Å². The Balaban J connectivity index is 2.13. The minimum Gasteiger partial charge on any atom is -0.372 e. The number of carbonyl (C=O) groups is 1. The van der Waals surface area contributed by atoms with Crippen LogP contribution in [0.3, 0.4) is 0 Å². The van der Waals surface area contributed by atoms with E-state index in [0.29, 0.717) is 6.61 Å². The molecule has 2 rings (SSSR count). The van der Waals surface area contributed by atoms with Crippen LogP contribution in [-0.4, -0.2) is 19.1 Å². The molecule has 1 heterocycles. The lowest BCUT2D eigenvalue weighted by Gasteiger charge is -2.14. The van der Waals surface area contributed by atoms with Crippen molar-refractivity contribution in [3.63, 3.8) is 0 Å². The monoisotopic (exact) mass is 191 g/mol. The highest BCUT2D eigenvalue weighted by atomic mass is 16.5. The molecule has 0 aliphatic carbocycles. The molecule has 1 aromatic rings. The zero-order valence-electron chi connectivity index (χ0n) is 7.90. The van der Waals surface area contributed by atoms with Gasteiger partial charge in [-0.15, -0.1) is 0 Å². The van der Waals surface area contributed by atoms with E-state index in [9.17, 15) is 4.79 Å². The summed E-state index contributed by atoms with van der Waals surface area (Å²) in [6, 6.07) is 10.1. The van der Waals surface area contributed by atoms with Gasteiger partial charge in [-0.1, -0.05) is 30.3 Å². The van der Waals surface area contributed by atoms with Gasteiger partial charge >= 0.3 is 0 Å². The molecule has 1 saturated heterocycles. The molecular weight excluding hydrogens is 178 g/mol. The Bertz CT molecular complexity index is 310. The molecule has 1 atom stereocenters. The van der Waals surface area contributed by atoms with Gasteiger partial charge in [-0.25, -0.2) is 0 Å². The van der Waals surface area contributed by atoms with Crippen LogP contribution in [0.2, 0.25) is 0 Å². The van der Waals surface area contributed by atoms with Gasteiger partial charge in [0.15, 0.2) is 0 Å². The first-order valence-electron chi connectivity index (χ1n) is 4.78. The van der Waals surface area contributed by atoms with E-state index in [1.54, 1.807) is 0 Å². The van der Waals surface area contributed by atoms with E-state index in [0.717, 1.165) is 12.0 Å². The summed E-state index contributed by atoms with van der Waals surface area (Å²) in [5, 5.41) is 2.93. The highest BCUT2D eigenvalue weighted by Gasteiger charge is 2.17. The molecule has 1 fully saturated rings.